The van der Waals surface area contributed by atoms with Crippen LogP contribution in [0, 0.1) is 0 Å². The number of ether oxygens (including phenoxy) is 1. The van der Waals surface area contributed by atoms with E-state index >= 15 is 0 Å². The summed E-state index contributed by atoms with van der Waals surface area (Å²) in [6.07, 6.45) is 3.21. The molecule has 1 aliphatic heterocycles. The predicted molar refractivity (Wildman–Crippen MR) is 57.5 cm³/mol. The number of aryl methyl sites for hydroxylation is 1. The molecule has 2 rings (SSSR count). The van der Waals surface area contributed by atoms with Gasteiger partial charge in [0.15, 0.2) is 0 Å². The van der Waals surface area contributed by atoms with E-state index in [9.17, 15) is 0 Å². The second kappa shape index (κ2) is 4.01. The zero-order valence-electron chi connectivity index (χ0n) is 8.62. The molecule has 2 N–H and O–H groups in total. The maximum Gasteiger partial charge on any atom is 0.127 e. The van der Waals surface area contributed by atoms with Crippen LogP contribution in [-0.2, 0) is 6.42 Å². The Labute approximate surface area is 85.1 Å². The van der Waals surface area contributed by atoms with E-state index in [-0.39, 0.29) is 6.04 Å². The zero-order chi connectivity index (χ0) is 9.97. The number of para-hydroxylation sites is 1. The molecule has 0 fully saturated rings. The van der Waals surface area contributed by atoms with Crippen LogP contribution in [0.15, 0.2) is 18.2 Å². The molecule has 1 heterocycles. The van der Waals surface area contributed by atoms with Gasteiger partial charge >= 0.3 is 0 Å². The van der Waals surface area contributed by atoms with Crippen molar-refractivity contribution in [3.8, 4) is 5.75 Å². The largest absolute Gasteiger partial charge is 0.493 e. The highest BCUT2D eigenvalue weighted by atomic mass is 16.5. The Bertz CT molecular complexity index is 322. The highest BCUT2D eigenvalue weighted by molar-refractivity contribution is 5.44. The number of hydrogen-bond donors (Lipinski definition) is 1. The average molecular weight is 191 g/mol. The molecule has 0 bridgehead atoms. The highest BCUT2D eigenvalue weighted by Gasteiger charge is 2.17. The molecule has 0 aromatic heterocycles. The van der Waals surface area contributed by atoms with Crippen LogP contribution in [0.3, 0.4) is 0 Å². The summed E-state index contributed by atoms with van der Waals surface area (Å²) in [5, 5.41) is 0. The van der Waals surface area contributed by atoms with Crippen LogP contribution in [0.25, 0.3) is 0 Å². The van der Waals surface area contributed by atoms with E-state index in [0.29, 0.717) is 0 Å². The van der Waals surface area contributed by atoms with Crippen molar-refractivity contribution in [3.05, 3.63) is 29.3 Å². The van der Waals surface area contributed by atoms with E-state index < -0.39 is 0 Å². The van der Waals surface area contributed by atoms with Gasteiger partial charge in [-0.05, 0) is 24.8 Å². The quantitative estimate of drug-likeness (QED) is 0.779. The summed E-state index contributed by atoms with van der Waals surface area (Å²) in [4.78, 5) is 0. The third kappa shape index (κ3) is 1.62. The molecule has 1 aromatic rings. The normalized spacial score (nSPS) is 17.0. The topological polar surface area (TPSA) is 35.2 Å². The molecule has 1 atom stereocenters. The molecule has 0 saturated heterocycles. The van der Waals surface area contributed by atoms with Crippen LogP contribution < -0.4 is 10.5 Å². The summed E-state index contributed by atoms with van der Waals surface area (Å²) in [6.45, 7) is 2.94. The Morgan fingerprint density at radius 3 is 3.14 bits per heavy atom. The second-order valence-electron chi connectivity index (χ2n) is 3.80. The molecule has 1 aromatic carbocycles. The molecule has 1 aliphatic rings. The molecule has 0 amide bonds. The Morgan fingerprint density at radius 2 is 2.36 bits per heavy atom. The van der Waals surface area contributed by atoms with Crippen LogP contribution in [0.5, 0.6) is 5.75 Å². The van der Waals surface area contributed by atoms with Crippen molar-refractivity contribution in [1.29, 1.82) is 0 Å². The molecule has 2 nitrogen and oxygen atoms in total. The lowest BCUT2D eigenvalue weighted by molar-refractivity contribution is 0.283. The van der Waals surface area contributed by atoms with Gasteiger partial charge in [0, 0.05) is 11.6 Å². The van der Waals surface area contributed by atoms with Crippen LogP contribution in [-0.4, -0.2) is 6.61 Å². The molecular weight excluding hydrogens is 174 g/mol. The zero-order valence-corrected chi connectivity index (χ0v) is 8.62. The number of hydrogen-bond acceptors (Lipinski definition) is 2. The lowest BCUT2D eigenvalue weighted by Crippen LogP contribution is -2.15. The van der Waals surface area contributed by atoms with Crippen molar-refractivity contribution < 1.29 is 4.74 Å². The van der Waals surface area contributed by atoms with E-state index in [0.717, 1.165) is 31.6 Å². The van der Waals surface area contributed by atoms with E-state index in [1.165, 1.54) is 11.1 Å². The third-order valence-electron chi connectivity index (χ3n) is 2.80. The molecule has 2 heteroatoms. The third-order valence-corrected chi connectivity index (χ3v) is 2.80. The Balaban J connectivity index is 2.39. The predicted octanol–water partition coefficient (Wildman–Crippen LogP) is 2.42. The Hall–Kier alpha value is -1.02. The van der Waals surface area contributed by atoms with Gasteiger partial charge in [-0.1, -0.05) is 25.1 Å². The minimum absolute atomic E-state index is 0.114. The molecule has 0 saturated carbocycles. The fraction of sp³-hybridized carbons (Fsp3) is 0.500. The van der Waals surface area contributed by atoms with Gasteiger partial charge in [0.2, 0.25) is 0 Å². The molecule has 0 radical (unpaired) electrons. The fourth-order valence-corrected chi connectivity index (χ4v) is 1.93. The average Bonchev–Trinajstić information content (AvgIpc) is 2.27. The van der Waals surface area contributed by atoms with Crippen LogP contribution in [0.2, 0.25) is 0 Å². The van der Waals surface area contributed by atoms with Crippen molar-refractivity contribution >= 4 is 0 Å². The SMILES string of the molecule is CCC(N)c1cccc2c1OCCC2. The first-order valence-electron chi connectivity index (χ1n) is 5.33. The molecule has 76 valence electrons. The second-order valence-corrected chi connectivity index (χ2v) is 3.80. The number of rotatable bonds is 2. The van der Waals surface area contributed by atoms with Crippen molar-refractivity contribution in [1.82, 2.24) is 0 Å². The molecule has 14 heavy (non-hydrogen) atoms. The van der Waals surface area contributed by atoms with Gasteiger partial charge in [-0.15, -0.1) is 0 Å². The van der Waals surface area contributed by atoms with E-state index in [2.05, 4.69) is 25.1 Å². The van der Waals surface area contributed by atoms with E-state index in [1.807, 2.05) is 0 Å². The fourth-order valence-electron chi connectivity index (χ4n) is 1.93. The molecule has 0 aliphatic carbocycles. The Kier molecular flexibility index (Phi) is 2.73. The van der Waals surface area contributed by atoms with Crippen LogP contribution in [0.4, 0.5) is 0 Å². The van der Waals surface area contributed by atoms with Gasteiger partial charge in [0.25, 0.3) is 0 Å². The Morgan fingerprint density at radius 1 is 1.50 bits per heavy atom. The maximum absolute atomic E-state index is 6.04. The molecule has 1 unspecified atom stereocenters. The first-order valence-corrected chi connectivity index (χ1v) is 5.33. The summed E-state index contributed by atoms with van der Waals surface area (Å²) in [6, 6.07) is 6.42. The monoisotopic (exact) mass is 191 g/mol. The summed E-state index contributed by atoms with van der Waals surface area (Å²) < 4.78 is 5.70. The number of benzene rings is 1. The molecular formula is C12H17NO. The minimum atomic E-state index is 0.114. The first-order chi connectivity index (χ1) is 6.83. The van der Waals surface area contributed by atoms with Crippen molar-refractivity contribution in [2.45, 2.75) is 32.2 Å². The smallest absolute Gasteiger partial charge is 0.127 e. The van der Waals surface area contributed by atoms with Gasteiger partial charge in [-0.2, -0.15) is 0 Å². The van der Waals surface area contributed by atoms with Crippen LogP contribution >= 0.6 is 0 Å². The minimum Gasteiger partial charge on any atom is -0.493 e. The maximum atomic E-state index is 6.04. The highest BCUT2D eigenvalue weighted by Crippen LogP contribution is 2.32. The number of nitrogens with two attached hydrogens (primary N) is 1. The van der Waals surface area contributed by atoms with Crippen LogP contribution in [0.1, 0.15) is 36.9 Å². The van der Waals surface area contributed by atoms with Crippen molar-refractivity contribution in [2.24, 2.45) is 5.73 Å². The van der Waals surface area contributed by atoms with E-state index in [1.54, 1.807) is 0 Å². The van der Waals surface area contributed by atoms with Gasteiger partial charge in [0.05, 0.1) is 6.61 Å². The van der Waals surface area contributed by atoms with E-state index in [4.69, 9.17) is 10.5 Å². The summed E-state index contributed by atoms with van der Waals surface area (Å²) in [5.41, 5.74) is 8.53. The standard InChI is InChI=1S/C12H17NO/c1-2-11(13)10-7-3-5-9-6-4-8-14-12(9)10/h3,5,7,11H,2,4,6,8,13H2,1H3. The van der Waals surface area contributed by atoms with Gasteiger partial charge in [-0.3, -0.25) is 0 Å². The van der Waals surface area contributed by atoms with Crippen molar-refractivity contribution in [2.75, 3.05) is 6.61 Å². The summed E-state index contributed by atoms with van der Waals surface area (Å²) >= 11 is 0. The number of fused-ring (bicyclic) bond motifs is 1. The van der Waals surface area contributed by atoms with Gasteiger partial charge < -0.3 is 10.5 Å². The lowest BCUT2D eigenvalue weighted by Gasteiger charge is -2.22. The molecule has 0 spiro atoms. The first kappa shape index (κ1) is 9.53. The van der Waals surface area contributed by atoms with Crippen molar-refractivity contribution in [3.63, 3.8) is 0 Å². The van der Waals surface area contributed by atoms with Gasteiger partial charge in [0.1, 0.15) is 5.75 Å². The lowest BCUT2D eigenvalue weighted by atomic mass is 9.97. The summed E-state index contributed by atoms with van der Waals surface area (Å²) in [7, 11) is 0. The van der Waals surface area contributed by atoms with Gasteiger partial charge in [-0.25, -0.2) is 0 Å². The summed E-state index contributed by atoms with van der Waals surface area (Å²) in [5.74, 6) is 1.05.